The largest absolute Gasteiger partial charge is 0.490 e. The van der Waals surface area contributed by atoms with Crippen molar-refractivity contribution < 1.29 is 14.3 Å². The van der Waals surface area contributed by atoms with Gasteiger partial charge >= 0.3 is 0 Å². The van der Waals surface area contributed by atoms with E-state index in [0.29, 0.717) is 18.1 Å². The normalized spacial score (nSPS) is 16.3. The number of benzene rings is 3. The third-order valence-corrected chi connectivity index (χ3v) is 7.10. The highest BCUT2D eigenvalue weighted by Crippen LogP contribution is 2.36. The summed E-state index contributed by atoms with van der Waals surface area (Å²) < 4.78 is 12.0. The second-order valence-corrected chi connectivity index (χ2v) is 9.76. The molecule has 35 heavy (non-hydrogen) atoms. The standard InChI is InChI=1S/C30H34N2O3/c1-31(2)30(33)27-20-26-9-5-10-28(29(26)35-21-27)34-18-6-15-32-16-13-23(14-17-32)25-12-11-22-7-3-4-8-24(22)19-25/h3-5,7-12,19-20,23H,6,13-18,21H2,1-2H3. The molecule has 0 bridgehead atoms. The molecule has 0 saturated carbocycles. The molecule has 3 aromatic rings. The van der Waals surface area contributed by atoms with Gasteiger partial charge in [-0.1, -0.05) is 54.6 Å². The fourth-order valence-electron chi connectivity index (χ4n) is 5.13. The molecule has 1 fully saturated rings. The summed E-state index contributed by atoms with van der Waals surface area (Å²) >= 11 is 0. The van der Waals surface area contributed by atoms with E-state index in [1.54, 1.807) is 19.0 Å². The SMILES string of the molecule is CN(C)C(=O)C1=Cc2cccc(OCCCN3CCC(c4ccc5ccccc5c4)CC3)c2OC1. The molecule has 3 aromatic carbocycles. The summed E-state index contributed by atoms with van der Waals surface area (Å²) in [5.74, 6) is 2.12. The topological polar surface area (TPSA) is 42.0 Å². The Morgan fingerprint density at radius 2 is 1.83 bits per heavy atom. The van der Waals surface area contributed by atoms with Crippen LogP contribution in [0.1, 0.15) is 36.3 Å². The maximum absolute atomic E-state index is 12.2. The number of carbonyl (C=O) groups excluding carboxylic acids is 1. The Morgan fingerprint density at radius 3 is 2.63 bits per heavy atom. The van der Waals surface area contributed by atoms with Gasteiger partial charge in [-0.25, -0.2) is 0 Å². The highest BCUT2D eigenvalue weighted by Gasteiger charge is 2.22. The zero-order valence-electron chi connectivity index (χ0n) is 20.7. The third-order valence-electron chi connectivity index (χ3n) is 7.10. The van der Waals surface area contributed by atoms with E-state index < -0.39 is 0 Å². The summed E-state index contributed by atoms with van der Waals surface area (Å²) in [5.41, 5.74) is 3.03. The summed E-state index contributed by atoms with van der Waals surface area (Å²) in [5, 5.41) is 2.66. The first-order valence-corrected chi connectivity index (χ1v) is 12.6. The lowest BCUT2D eigenvalue weighted by Gasteiger charge is -2.32. The molecule has 182 valence electrons. The molecular weight excluding hydrogens is 436 g/mol. The van der Waals surface area contributed by atoms with Gasteiger partial charge in [-0.2, -0.15) is 0 Å². The number of nitrogens with zero attached hydrogens (tertiary/aromatic N) is 2. The van der Waals surface area contributed by atoms with Crippen LogP contribution in [0.4, 0.5) is 0 Å². The summed E-state index contributed by atoms with van der Waals surface area (Å²) in [6.07, 6.45) is 5.30. The molecule has 5 rings (SSSR count). The highest BCUT2D eigenvalue weighted by atomic mass is 16.5. The number of likely N-dealkylation sites (N-methyl/N-ethyl adjacent to an activating group) is 1. The van der Waals surface area contributed by atoms with Gasteiger partial charge in [-0.15, -0.1) is 0 Å². The average Bonchev–Trinajstić information content (AvgIpc) is 2.90. The van der Waals surface area contributed by atoms with Gasteiger partial charge in [0.05, 0.1) is 12.2 Å². The highest BCUT2D eigenvalue weighted by molar-refractivity contribution is 5.99. The fourth-order valence-corrected chi connectivity index (χ4v) is 5.13. The molecule has 5 heteroatoms. The van der Waals surface area contributed by atoms with Crippen molar-refractivity contribution in [2.24, 2.45) is 0 Å². The Bertz CT molecular complexity index is 1230. The number of ether oxygens (including phenoxy) is 2. The van der Waals surface area contributed by atoms with Gasteiger partial charge in [-0.05, 0) is 66.7 Å². The van der Waals surface area contributed by atoms with Crippen LogP contribution < -0.4 is 9.47 Å². The van der Waals surface area contributed by atoms with Crippen LogP contribution in [-0.4, -0.2) is 62.7 Å². The van der Waals surface area contributed by atoms with Gasteiger partial charge in [0.1, 0.15) is 6.61 Å². The number of fused-ring (bicyclic) bond motifs is 2. The molecule has 2 aliphatic rings. The minimum Gasteiger partial charge on any atom is -0.490 e. The molecule has 1 saturated heterocycles. The molecule has 1 amide bonds. The summed E-state index contributed by atoms with van der Waals surface area (Å²) in [6.45, 7) is 4.24. The van der Waals surface area contributed by atoms with Crippen molar-refractivity contribution in [1.82, 2.24) is 9.80 Å². The molecule has 0 unspecified atom stereocenters. The van der Waals surface area contributed by atoms with Crippen LogP contribution in [0.25, 0.3) is 16.8 Å². The van der Waals surface area contributed by atoms with E-state index >= 15 is 0 Å². The van der Waals surface area contributed by atoms with Crippen LogP contribution in [0.3, 0.4) is 0 Å². The van der Waals surface area contributed by atoms with E-state index in [9.17, 15) is 4.79 Å². The first-order chi connectivity index (χ1) is 17.1. The number of para-hydroxylation sites is 1. The Balaban J connectivity index is 1.09. The molecule has 0 atom stereocenters. The minimum atomic E-state index is -0.0219. The lowest BCUT2D eigenvalue weighted by atomic mass is 9.88. The summed E-state index contributed by atoms with van der Waals surface area (Å²) in [6, 6.07) is 21.4. The van der Waals surface area contributed by atoms with Gasteiger partial charge in [0.15, 0.2) is 11.5 Å². The van der Waals surface area contributed by atoms with E-state index in [2.05, 4.69) is 47.4 Å². The quantitative estimate of drug-likeness (QED) is 0.437. The summed E-state index contributed by atoms with van der Waals surface area (Å²) in [7, 11) is 3.51. The molecule has 5 nitrogen and oxygen atoms in total. The molecule has 0 spiro atoms. The van der Waals surface area contributed by atoms with Gasteiger partial charge in [-0.3, -0.25) is 4.79 Å². The second kappa shape index (κ2) is 10.5. The van der Waals surface area contributed by atoms with Crippen LogP contribution in [0.5, 0.6) is 11.5 Å². The average molecular weight is 471 g/mol. The lowest BCUT2D eigenvalue weighted by molar-refractivity contribution is -0.125. The van der Waals surface area contributed by atoms with E-state index in [1.165, 1.54) is 29.2 Å². The van der Waals surface area contributed by atoms with Crippen molar-refractivity contribution in [3.05, 3.63) is 77.4 Å². The minimum absolute atomic E-state index is 0.0219. The number of rotatable bonds is 7. The number of hydrogen-bond acceptors (Lipinski definition) is 4. The van der Waals surface area contributed by atoms with Crippen molar-refractivity contribution in [2.45, 2.75) is 25.2 Å². The zero-order valence-corrected chi connectivity index (χ0v) is 20.7. The monoisotopic (exact) mass is 470 g/mol. The second-order valence-electron chi connectivity index (χ2n) is 9.76. The van der Waals surface area contributed by atoms with E-state index in [0.717, 1.165) is 43.1 Å². The number of likely N-dealkylation sites (tertiary alicyclic amines) is 1. The van der Waals surface area contributed by atoms with Crippen LogP contribution in [0, 0.1) is 0 Å². The van der Waals surface area contributed by atoms with Crippen molar-refractivity contribution >= 4 is 22.8 Å². The maximum Gasteiger partial charge on any atom is 0.252 e. The van der Waals surface area contributed by atoms with Crippen molar-refractivity contribution in [1.29, 1.82) is 0 Å². The van der Waals surface area contributed by atoms with Crippen LogP contribution >= 0.6 is 0 Å². The van der Waals surface area contributed by atoms with Crippen LogP contribution in [0.15, 0.2) is 66.2 Å². The Hall–Kier alpha value is -3.31. The number of carbonyl (C=O) groups is 1. The molecule has 0 radical (unpaired) electrons. The van der Waals surface area contributed by atoms with Gasteiger partial charge in [0.2, 0.25) is 0 Å². The predicted octanol–water partition coefficient (Wildman–Crippen LogP) is 5.35. The number of hydrogen-bond donors (Lipinski definition) is 0. The predicted molar refractivity (Wildman–Crippen MR) is 141 cm³/mol. The van der Waals surface area contributed by atoms with E-state index in [1.807, 2.05) is 24.3 Å². The Kier molecular flexibility index (Phi) is 7.05. The van der Waals surface area contributed by atoms with E-state index in [4.69, 9.17) is 9.47 Å². The first-order valence-electron chi connectivity index (χ1n) is 12.6. The van der Waals surface area contributed by atoms with E-state index in [-0.39, 0.29) is 12.5 Å². The van der Waals surface area contributed by atoms with Crippen molar-refractivity contribution in [3.8, 4) is 11.5 Å². The summed E-state index contributed by atoms with van der Waals surface area (Å²) in [4.78, 5) is 16.4. The smallest absolute Gasteiger partial charge is 0.252 e. The third kappa shape index (κ3) is 5.35. The molecule has 0 N–H and O–H groups in total. The molecule has 2 aliphatic heterocycles. The van der Waals surface area contributed by atoms with Gasteiger partial charge in [0, 0.05) is 26.2 Å². The molecule has 0 aromatic heterocycles. The maximum atomic E-state index is 12.2. The Labute approximate surface area is 207 Å². The Morgan fingerprint density at radius 1 is 1.03 bits per heavy atom. The zero-order chi connectivity index (χ0) is 24.2. The lowest BCUT2D eigenvalue weighted by Crippen LogP contribution is -2.34. The van der Waals surface area contributed by atoms with Crippen LogP contribution in [0.2, 0.25) is 0 Å². The van der Waals surface area contributed by atoms with Gasteiger partial charge in [0.25, 0.3) is 5.91 Å². The van der Waals surface area contributed by atoms with Gasteiger partial charge < -0.3 is 19.3 Å². The van der Waals surface area contributed by atoms with Crippen molar-refractivity contribution in [2.75, 3.05) is 46.9 Å². The number of amides is 1. The van der Waals surface area contributed by atoms with Crippen molar-refractivity contribution in [3.63, 3.8) is 0 Å². The molecule has 2 heterocycles. The number of piperidine rings is 1. The molecular formula is C30H34N2O3. The van der Waals surface area contributed by atoms with Crippen LogP contribution in [-0.2, 0) is 4.79 Å². The fraction of sp³-hybridized carbons (Fsp3) is 0.367. The first kappa shape index (κ1) is 23.4. The molecule has 0 aliphatic carbocycles.